The fourth-order valence-corrected chi connectivity index (χ4v) is 3.01. The molecule has 2 aromatic rings. The van der Waals surface area contributed by atoms with Crippen LogP contribution in [0, 0.1) is 0 Å². The van der Waals surface area contributed by atoms with Gasteiger partial charge in [0.25, 0.3) is 0 Å². The molecule has 0 aliphatic rings. The Morgan fingerprint density at radius 1 is 1.16 bits per heavy atom. The van der Waals surface area contributed by atoms with Crippen molar-refractivity contribution in [2.75, 3.05) is 0 Å². The number of nitrogens with one attached hydrogen (secondary N) is 1. The van der Waals surface area contributed by atoms with Crippen LogP contribution in [0.25, 0.3) is 11.4 Å². The summed E-state index contributed by atoms with van der Waals surface area (Å²) in [6.45, 7) is 7.53. The van der Waals surface area contributed by atoms with Crippen molar-refractivity contribution in [3.8, 4) is 11.4 Å². The van der Waals surface area contributed by atoms with Crippen LogP contribution >= 0.6 is 0 Å². The third-order valence-corrected chi connectivity index (χ3v) is 5.36. The summed E-state index contributed by atoms with van der Waals surface area (Å²) in [5.41, 5.74) is 0.571. The van der Waals surface area contributed by atoms with Gasteiger partial charge >= 0.3 is 6.18 Å². The minimum Gasteiger partial charge on any atom is -0.598 e. The summed E-state index contributed by atoms with van der Waals surface area (Å²) >= 11 is -1.21. The predicted molar refractivity (Wildman–Crippen MR) is 93.1 cm³/mol. The molecule has 0 amide bonds. The van der Waals surface area contributed by atoms with E-state index in [9.17, 15) is 17.7 Å². The molecule has 2 rings (SSSR count). The molecule has 1 aromatic carbocycles. The lowest BCUT2D eigenvalue weighted by molar-refractivity contribution is -0.140. The van der Waals surface area contributed by atoms with Crippen molar-refractivity contribution >= 4 is 11.4 Å². The predicted octanol–water partition coefficient (Wildman–Crippen LogP) is 4.22. The number of imidazole rings is 1. The molecule has 0 aliphatic heterocycles. The van der Waals surface area contributed by atoms with Crippen LogP contribution in [0.4, 0.5) is 13.2 Å². The van der Waals surface area contributed by atoms with Crippen molar-refractivity contribution in [1.29, 1.82) is 0 Å². The van der Waals surface area contributed by atoms with Gasteiger partial charge in [0, 0.05) is 30.2 Å². The Balaban J connectivity index is 2.19. The molecule has 2 unspecified atom stereocenters. The van der Waals surface area contributed by atoms with Crippen LogP contribution in [-0.2, 0) is 24.6 Å². The highest BCUT2D eigenvalue weighted by Gasteiger charge is 2.34. The first-order valence-electron chi connectivity index (χ1n) is 7.78. The first-order valence-corrected chi connectivity index (χ1v) is 8.93. The second kappa shape index (κ2) is 7.01. The Kier molecular flexibility index (Phi) is 5.56. The highest BCUT2D eigenvalue weighted by Crippen LogP contribution is 2.31. The summed E-state index contributed by atoms with van der Waals surface area (Å²) in [5.74, 6) is 0.248. The van der Waals surface area contributed by atoms with E-state index in [1.54, 1.807) is 24.3 Å². The molecule has 0 bridgehead atoms. The molecule has 1 aromatic heterocycles. The maximum absolute atomic E-state index is 12.8. The van der Waals surface area contributed by atoms with Crippen molar-refractivity contribution in [2.24, 2.45) is 7.05 Å². The van der Waals surface area contributed by atoms with E-state index in [1.165, 1.54) is 11.6 Å². The Morgan fingerprint density at radius 2 is 1.72 bits per heavy atom. The Labute approximate surface area is 148 Å². The van der Waals surface area contributed by atoms with Gasteiger partial charge in [-0.1, -0.05) is 24.3 Å². The van der Waals surface area contributed by atoms with E-state index >= 15 is 0 Å². The van der Waals surface area contributed by atoms with E-state index in [0.29, 0.717) is 5.56 Å². The molecule has 0 aliphatic carbocycles. The van der Waals surface area contributed by atoms with Gasteiger partial charge in [-0.15, -0.1) is 4.72 Å². The minimum atomic E-state index is -4.47. The van der Waals surface area contributed by atoms with E-state index in [2.05, 4.69) is 9.71 Å². The van der Waals surface area contributed by atoms with Crippen LogP contribution in [0.15, 0.2) is 30.5 Å². The van der Waals surface area contributed by atoms with Crippen LogP contribution in [0.3, 0.4) is 0 Å². The normalized spacial score (nSPS) is 15.2. The van der Waals surface area contributed by atoms with Gasteiger partial charge in [-0.2, -0.15) is 13.2 Å². The molecular formula is C17H22F3N3OS. The van der Waals surface area contributed by atoms with Gasteiger partial charge in [0.1, 0.15) is 10.6 Å². The maximum Gasteiger partial charge on any atom is 0.434 e. The first-order chi connectivity index (χ1) is 11.4. The highest BCUT2D eigenvalue weighted by molar-refractivity contribution is 7.90. The third-order valence-electron chi connectivity index (χ3n) is 3.68. The topological polar surface area (TPSA) is 52.9 Å². The SMILES string of the molecule is CC(N[S+]([O-])C(C)(C)C)c1ccc(-c2nc(C(F)(F)F)cn2C)cc1. The number of hydrogen-bond donors (Lipinski definition) is 1. The molecule has 8 heteroatoms. The zero-order valence-corrected chi connectivity index (χ0v) is 15.6. The lowest BCUT2D eigenvalue weighted by atomic mass is 10.1. The summed E-state index contributed by atoms with van der Waals surface area (Å²) in [7, 11) is 1.53. The van der Waals surface area contributed by atoms with Crippen molar-refractivity contribution in [3.63, 3.8) is 0 Å². The quantitative estimate of drug-likeness (QED) is 0.817. The summed E-state index contributed by atoms with van der Waals surface area (Å²) < 4.78 is 54.5. The summed E-state index contributed by atoms with van der Waals surface area (Å²) in [5, 5.41) is 0. The van der Waals surface area contributed by atoms with E-state index < -0.39 is 23.2 Å². The van der Waals surface area contributed by atoms with Gasteiger partial charge < -0.3 is 9.12 Å². The Hall–Kier alpha value is -1.51. The fraction of sp³-hybridized carbons (Fsp3) is 0.471. The second-order valence-corrected chi connectivity index (χ2v) is 8.90. The number of aromatic nitrogens is 2. The van der Waals surface area contributed by atoms with Gasteiger partial charge in [-0.3, -0.25) is 0 Å². The molecule has 1 heterocycles. The monoisotopic (exact) mass is 373 g/mol. The second-order valence-electron chi connectivity index (χ2n) is 6.90. The molecule has 2 atom stereocenters. The first kappa shape index (κ1) is 19.8. The van der Waals surface area contributed by atoms with E-state index in [4.69, 9.17) is 0 Å². The number of hydrogen-bond acceptors (Lipinski definition) is 3. The van der Waals surface area contributed by atoms with Crippen LogP contribution in [-0.4, -0.2) is 18.9 Å². The van der Waals surface area contributed by atoms with Crippen LogP contribution in [0.1, 0.15) is 45.0 Å². The minimum absolute atomic E-state index is 0.152. The van der Waals surface area contributed by atoms with Crippen LogP contribution in [0.5, 0.6) is 0 Å². The molecule has 0 saturated carbocycles. The number of alkyl halides is 3. The number of rotatable bonds is 4. The van der Waals surface area contributed by atoms with Crippen molar-refractivity contribution in [1.82, 2.24) is 14.3 Å². The number of halogens is 3. The average Bonchev–Trinajstić information content (AvgIpc) is 2.88. The molecule has 1 N–H and O–H groups in total. The number of aryl methyl sites for hydroxylation is 1. The molecule has 138 valence electrons. The zero-order chi connectivity index (χ0) is 19.0. The number of nitrogens with zero attached hydrogens (tertiary/aromatic N) is 2. The maximum atomic E-state index is 12.8. The van der Waals surface area contributed by atoms with Crippen LogP contribution in [0.2, 0.25) is 0 Å². The molecule has 0 spiro atoms. The summed E-state index contributed by atoms with van der Waals surface area (Å²) in [6, 6.07) is 6.89. The summed E-state index contributed by atoms with van der Waals surface area (Å²) in [4.78, 5) is 3.68. The van der Waals surface area contributed by atoms with Crippen molar-refractivity contribution < 1.29 is 17.7 Å². The molecule has 0 radical (unpaired) electrons. The standard InChI is InChI=1S/C17H22F3N3OS/c1-11(22-25(24)16(2,3)4)12-6-8-13(9-7-12)15-21-14(10-23(15)5)17(18,19)20/h6-11,22H,1-5H3. The van der Waals surface area contributed by atoms with Crippen molar-refractivity contribution in [3.05, 3.63) is 41.7 Å². The summed E-state index contributed by atoms with van der Waals surface area (Å²) in [6.07, 6.45) is -3.49. The zero-order valence-electron chi connectivity index (χ0n) is 14.8. The average molecular weight is 373 g/mol. The molecule has 0 saturated heterocycles. The van der Waals surface area contributed by atoms with Gasteiger partial charge in [0.15, 0.2) is 5.69 Å². The Morgan fingerprint density at radius 3 is 2.16 bits per heavy atom. The van der Waals surface area contributed by atoms with Crippen molar-refractivity contribution in [2.45, 2.75) is 44.7 Å². The lowest BCUT2D eigenvalue weighted by Crippen LogP contribution is -2.40. The van der Waals surface area contributed by atoms with E-state index in [-0.39, 0.29) is 16.6 Å². The van der Waals surface area contributed by atoms with Gasteiger partial charge in [0.05, 0.1) is 6.04 Å². The molecular weight excluding hydrogens is 351 g/mol. The van der Waals surface area contributed by atoms with E-state index in [0.717, 1.165) is 11.8 Å². The van der Waals surface area contributed by atoms with Gasteiger partial charge in [-0.25, -0.2) is 4.98 Å². The number of benzene rings is 1. The largest absolute Gasteiger partial charge is 0.598 e. The Bertz CT molecular complexity index is 720. The molecule has 25 heavy (non-hydrogen) atoms. The third kappa shape index (κ3) is 4.77. The highest BCUT2D eigenvalue weighted by atomic mass is 32.2. The van der Waals surface area contributed by atoms with Gasteiger partial charge in [0.2, 0.25) is 0 Å². The fourth-order valence-electron chi connectivity index (χ4n) is 2.20. The lowest BCUT2D eigenvalue weighted by Gasteiger charge is -2.26. The van der Waals surface area contributed by atoms with Crippen LogP contribution < -0.4 is 4.72 Å². The molecule has 0 fully saturated rings. The smallest absolute Gasteiger partial charge is 0.434 e. The van der Waals surface area contributed by atoms with Gasteiger partial charge in [-0.05, 0) is 33.3 Å². The molecule has 4 nitrogen and oxygen atoms in total. The van der Waals surface area contributed by atoms with E-state index in [1.807, 2.05) is 27.7 Å².